The van der Waals surface area contributed by atoms with Gasteiger partial charge in [0.25, 0.3) is 0 Å². The van der Waals surface area contributed by atoms with Gasteiger partial charge in [-0.2, -0.15) is 0 Å². The lowest BCUT2D eigenvalue weighted by Crippen LogP contribution is -2.01. The average Bonchev–Trinajstić information content (AvgIpc) is 2.87. The lowest BCUT2D eigenvalue weighted by molar-refractivity contribution is 0.0698. The Morgan fingerprint density at radius 2 is 1.95 bits per heavy atom. The third-order valence-corrected chi connectivity index (χ3v) is 3.73. The number of rotatable bonds is 4. The van der Waals surface area contributed by atoms with Crippen LogP contribution in [-0.4, -0.2) is 22.0 Å². The Morgan fingerprint density at radius 3 is 2.53 bits per heavy atom. The lowest BCUT2D eigenvalue weighted by Gasteiger charge is -2.08. The number of aliphatic hydroxyl groups excluding tert-OH is 1. The first-order valence-corrected chi connectivity index (χ1v) is 6.48. The smallest absolute Gasteiger partial charge is 0.337 e. The number of Topliss-reactive ketones (excluding diaryl/α,β-unsaturated/α-hetero) is 1. The van der Waals surface area contributed by atoms with Gasteiger partial charge < -0.3 is 10.2 Å². The first kappa shape index (κ1) is 13.5. The number of carbonyl (C=O) groups is 2. The van der Waals surface area contributed by atoms with Gasteiger partial charge in [-0.3, -0.25) is 4.79 Å². The summed E-state index contributed by atoms with van der Waals surface area (Å²) in [5.74, 6) is -1.16. The van der Waals surface area contributed by atoms with Gasteiger partial charge in [-0.1, -0.05) is 12.1 Å². The van der Waals surface area contributed by atoms with Crippen molar-refractivity contribution in [1.82, 2.24) is 0 Å². The molecule has 98 valence electrons. The van der Waals surface area contributed by atoms with E-state index >= 15 is 0 Å². The summed E-state index contributed by atoms with van der Waals surface area (Å²) >= 11 is 1.27. The van der Waals surface area contributed by atoms with Crippen LogP contribution in [0.25, 0.3) is 10.4 Å². The zero-order valence-corrected chi connectivity index (χ0v) is 11.0. The number of benzene rings is 1. The predicted molar refractivity (Wildman–Crippen MR) is 72.6 cm³/mol. The summed E-state index contributed by atoms with van der Waals surface area (Å²) in [6, 6.07) is 6.45. The zero-order chi connectivity index (χ0) is 14.0. The SMILES string of the molecule is CC(=O)c1ccc(CO)cc1-c1sccc1C(=O)O. The number of carboxylic acid groups (broad SMARTS) is 1. The predicted octanol–water partition coefficient (Wildman–Crippen LogP) is 2.81. The fourth-order valence-corrected chi connectivity index (χ4v) is 2.79. The van der Waals surface area contributed by atoms with Crippen molar-refractivity contribution >= 4 is 23.1 Å². The number of aliphatic hydroxyl groups is 1. The van der Waals surface area contributed by atoms with Crippen LogP contribution in [0.2, 0.25) is 0 Å². The zero-order valence-electron chi connectivity index (χ0n) is 10.2. The third kappa shape index (κ3) is 2.57. The van der Waals surface area contributed by atoms with Crippen LogP contribution in [0.5, 0.6) is 0 Å². The average molecular weight is 276 g/mol. The third-order valence-electron chi connectivity index (χ3n) is 2.79. The van der Waals surface area contributed by atoms with E-state index in [-0.39, 0.29) is 18.0 Å². The molecule has 4 nitrogen and oxygen atoms in total. The number of carbonyl (C=O) groups excluding carboxylic acids is 1. The fraction of sp³-hybridized carbons (Fsp3) is 0.143. The number of aromatic carboxylic acids is 1. The number of thiophene rings is 1. The van der Waals surface area contributed by atoms with Crippen molar-refractivity contribution in [1.29, 1.82) is 0 Å². The molecule has 0 aliphatic heterocycles. The quantitative estimate of drug-likeness (QED) is 0.842. The molecule has 0 radical (unpaired) electrons. The van der Waals surface area contributed by atoms with Crippen LogP contribution >= 0.6 is 11.3 Å². The Hall–Kier alpha value is -1.98. The molecule has 1 aromatic heterocycles. The summed E-state index contributed by atoms with van der Waals surface area (Å²) in [6.07, 6.45) is 0. The molecule has 0 saturated carbocycles. The second-order valence-corrected chi connectivity index (χ2v) is 4.98. The van der Waals surface area contributed by atoms with Crippen molar-refractivity contribution in [3.8, 4) is 10.4 Å². The van der Waals surface area contributed by atoms with E-state index in [9.17, 15) is 9.59 Å². The van der Waals surface area contributed by atoms with Crippen LogP contribution in [-0.2, 0) is 6.61 Å². The highest BCUT2D eigenvalue weighted by molar-refractivity contribution is 7.14. The van der Waals surface area contributed by atoms with Crippen molar-refractivity contribution in [2.45, 2.75) is 13.5 Å². The molecule has 0 aliphatic rings. The van der Waals surface area contributed by atoms with Crippen LogP contribution in [0.3, 0.4) is 0 Å². The minimum absolute atomic E-state index is 0.135. The second-order valence-electron chi connectivity index (χ2n) is 4.06. The van der Waals surface area contributed by atoms with E-state index in [1.165, 1.54) is 24.3 Å². The minimum Gasteiger partial charge on any atom is -0.478 e. The summed E-state index contributed by atoms with van der Waals surface area (Å²) < 4.78 is 0. The molecule has 2 aromatic rings. The van der Waals surface area contributed by atoms with Gasteiger partial charge in [0.15, 0.2) is 5.78 Å². The van der Waals surface area contributed by atoms with Crippen molar-refractivity contribution in [3.05, 3.63) is 46.3 Å². The summed E-state index contributed by atoms with van der Waals surface area (Å²) in [7, 11) is 0. The summed E-state index contributed by atoms with van der Waals surface area (Å²) in [5.41, 5.74) is 1.83. The Balaban J connectivity index is 2.68. The summed E-state index contributed by atoms with van der Waals surface area (Å²) in [5, 5.41) is 20.0. The summed E-state index contributed by atoms with van der Waals surface area (Å²) in [6.45, 7) is 1.28. The molecular formula is C14H12O4S. The largest absolute Gasteiger partial charge is 0.478 e. The number of hydrogen-bond donors (Lipinski definition) is 2. The molecule has 0 bridgehead atoms. The molecule has 0 atom stereocenters. The van der Waals surface area contributed by atoms with Crippen molar-refractivity contribution in [3.63, 3.8) is 0 Å². The first-order valence-electron chi connectivity index (χ1n) is 5.60. The molecule has 1 heterocycles. The molecule has 0 amide bonds. The summed E-state index contributed by atoms with van der Waals surface area (Å²) in [4.78, 5) is 23.3. The Bertz CT molecular complexity index is 643. The molecule has 2 N–H and O–H groups in total. The van der Waals surface area contributed by atoms with Crippen LogP contribution in [0, 0.1) is 0 Å². The van der Waals surface area contributed by atoms with Gasteiger partial charge in [0.05, 0.1) is 12.2 Å². The van der Waals surface area contributed by atoms with Crippen molar-refractivity contribution < 1.29 is 19.8 Å². The Labute approximate surface area is 114 Å². The van der Waals surface area contributed by atoms with Gasteiger partial charge in [-0.05, 0) is 30.0 Å². The van der Waals surface area contributed by atoms with Gasteiger partial charge >= 0.3 is 5.97 Å². The molecule has 0 fully saturated rings. The molecule has 0 spiro atoms. The lowest BCUT2D eigenvalue weighted by atomic mass is 9.98. The number of hydrogen-bond acceptors (Lipinski definition) is 4. The topological polar surface area (TPSA) is 74.6 Å². The van der Waals surface area contributed by atoms with Crippen LogP contribution in [0.4, 0.5) is 0 Å². The molecule has 1 aromatic carbocycles. The molecule has 0 unspecified atom stereocenters. The maximum atomic E-state index is 11.6. The number of ketones is 1. The van der Waals surface area contributed by atoms with Gasteiger partial charge in [0.1, 0.15) is 0 Å². The van der Waals surface area contributed by atoms with Gasteiger partial charge in [0, 0.05) is 16.0 Å². The maximum Gasteiger partial charge on any atom is 0.337 e. The molecule has 19 heavy (non-hydrogen) atoms. The van der Waals surface area contributed by atoms with Gasteiger partial charge in [0.2, 0.25) is 0 Å². The normalized spacial score (nSPS) is 10.4. The number of carboxylic acids is 1. The highest BCUT2D eigenvalue weighted by Gasteiger charge is 2.18. The van der Waals surface area contributed by atoms with E-state index in [0.717, 1.165) is 0 Å². The van der Waals surface area contributed by atoms with E-state index in [2.05, 4.69) is 0 Å². The van der Waals surface area contributed by atoms with E-state index in [1.54, 1.807) is 23.6 Å². The maximum absolute atomic E-state index is 11.6. The van der Waals surface area contributed by atoms with Gasteiger partial charge in [-0.15, -0.1) is 11.3 Å². The van der Waals surface area contributed by atoms with E-state index < -0.39 is 5.97 Å². The molecule has 0 saturated heterocycles. The van der Waals surface area contributed by atoms with Crippen molar-refractivity contribution in [2.24, 2.45) is 0 Å². The minimum atomic E-state index is -1.03. The molecule has 2 rings (SSSR count). The first-order chi connectivity index (χ1) is 9.04. The molecular weight excluding hydrogens is 264 g/mol. The highest BCUT2D eigenvalue weighted by atomic mass is 32.1. The van der Waals surface area contributed by atoms with E-state index in [1.807, 2.05) is 0 Å². The standard InChI is InChI=1S/C14H12O4S/c1-8(16)10-3-2-9(7-15)6-12(10)13-11(14(17)18)4-5-19-13/h2-6,15H,7H2,1H3,(H,17,18). The van der Waals surface area contributed by atoms with E-state index in [4.69, 9.17) is 10.2 Å². The Morgan fingerprint density at radius 1 is 1.21 bits per heavy atom. The molecule has 0 aliphatic carbocycles. The van der Waals surface area contributed by atoms with Gasteiger partial charge in [-0.25, -0.2) is 4.79 Å². The Kier molecular flexibility index (Phi) is 3.78. The van der Waals surface area contributed by atoms with Crippen molar-refractivity contribution in [2.75, 3.05) is 0 Å². The van der Waals surface area contributed by atoms with Crippen LogP contribution in [0.15, 0.2) is 29.6 Å². The highest BCUT2D eigenvalue weighted by Crippen LogP contribution is 2.33. The molecule has 5 heteroatoms. The second kappa shape index (κ2) is 5.34. The van der Waals surface area contributed by atoms with Crippen LogP contribution in [0.1, 0.15) is 33.2 Å². The van der Waals surface area contributed by atoms with Crippen LogP contribution < -0.4 is 0 Å². The van der Waals surface area contributed by atoms with E-state index in [0.29, 0.717) is 21.6 Å². The monoisotopic (exact) mass is 276 g/mol. The fourth-order valence-electron chi connectivity index (χ4n) is 1.87.